The topological polar surface area (TPSA) is 49.3 Å². The quantitative estimate of drug-likeness (QED) is 0.670. The van der Waals surface area contributed by atoms with E-state index in [0.29, 0.717) is 18.3 Å². The van der Waals surface area contributed by atoms with E-state index in [9.17, 15) is 4.79 Å². The van der Waals surface area contributed by atoms with E-state index in [1.165, 1.54) is 11.1 Å². The Labute approximate surface area is 151 Å². The molecule has 134 valence electrons. The average Bonchev–Trinajstić information content (AvgIpc) is 2.61. The molecule has 2 atom stereocenters. The number of hydrogen-bond acceptors (Lipinski definition) is 2. The fourth-order valence-electron chi connectivity index (χ4n) is 3.20. The minimum Gasteiger partial charge on any atom is -0.481 e. The number of hydrogen-bond donors (Lipinski definition) is 2. The molecule has 0 saturated carbocycles. The van der Waals surface area contributed by atoms with Gasteiger partial charge in [0.25, 0.3) is 0 Å². The van der Waals surface area contributed by atoms with E-state index in [0.717, 1.165) is 13.0 Å². The SMILES string of the molecule is CC(C)C(CNC(CCC(=O)O)Cc1ccccc1)c1ccccc1. The third-order valence-corrected chi connectivity index (χ3v) is 4.69. The van der Waals surface area contributed by atoms with E-state index >= 15 is 0 Å². The predicted molar refractivity (Wildman–Crippen MR) is 103 cm³/mol. The van der Waals surface area contributed by atoms with Gasteiger partial charge in [0.05, 0.1) is 0 Å². The molecule has 2 rings (SSSR count). The van der Waals surface area contributed by atoms with Crippen molar-refractivity contribution in [1.29, 1.82) is 0 Å². The Balaban J connectivity index is 2.02. The van der Waals surface area contributed by atoms with Crippen LogP contribution in [-0.4, -0.2) is 23.7 Å². The smallest absolute Gasteiger partial charge is 0.303 e. The van der Waals surface area contributed by atoms with Crippen molar-refractivity contribution < 1.29 is 9.90 Å². The lowest BCUT2D eigenvalue weighted by Gasteiger charge is -2.26. The van der Waals surface area contributed by atoms with Gasteiger partial charge in [0.15, 0.2) is 0 Å². The van der Waals surface area contributed by atoms with Gasteiger partial charge in [-0.05, 0) is 35.8 Å². The summed E-state index contributed by atoms with van der Waals surface area (Å²) < 4.78 is 0. The molecule has 2 aromatic rings. The molecule has 0 aliphatic heterocycles. The number of carboxylic acid groups (broad SMARTS) is 1. The standard InChI is InChI=1S/C22H29NO2/c1-17(2)21(19-11-7-4-8-12-19)16-23-20(13-14-22(24)25)15-18-9-5-3-6-10-18/h3-12,17,20-21,23H,13-16H2,1-2H3,(H,24,25). The van der Waals surface area contributed by atoms with Crippen LogP contribution in [0.4, 0.5) is 0 Å². The third kappa shape index (κ3) is 6.71. The van der Waals surface area contributed by atoms with Crippen molar-refractivity contribution in [2.75, 3.05) is 6.54 Å². The van der Waals surface area contributed by atoms with Crippen molar-refractivity contribution >= 4 is 5.97 Å². The minimum atomic E-state index is -0.733. The summed E-state index contributed by atoms with van der Waals surface area (Å²) in [6.45, 7) is 5.34. The summed E-state index contributed by atoms with van der Waals surface area (Å²) in [7, 11) is 0. The zero-order valence-electron chi connectivity index (χ0n) is 15.2. The molecule has 0 fully saturated rings. The maximum absolute atomic E-state index is 11.0. The van der Waals surface area contributed by atoms with Crippen LogP contribution in [0.2, 0.25) is 0 Å². The second kappa shape index (κ2) is 10.00. The lowest BCUT2D eigenvalue weighted by molar-refractivity contribution is -0.137. The Morgan fingerprint density at radius 1 is 1.00 bits per heavy atom. The second-order valence-electron chi connectivity index (χ2n) is 6.99. The number of carboxylic acids is 1. The Hall–Kier alpha value is -2.13. The molecule has 0 bridgehead atoms. The van der Waals surface area contributed by atoms with Crippen molar-refractivity contribution in [3.63, 3.8) is 0 Å². The summed E-state index contributed by atoms with van der Waals surface area (Å²) in [5.74, 6) is 0.208. The highest BCUT2D eigenvalue weighted by molar-refractivity contribution is 5.66. The first-order chi connectivity index (χ1) is 12.1. The molecule has 0 aromatic heterocycles. The lowest BCUT2D eigenvalue weighted by atomic mass is 9.88. The van der Waals surface area contributed by atoms with Crippen LogP contribution in [0.25, 0.3) is 0 Å². The van der Waals surface area contributed by atoms with Gasteiger partial charge in [-0.2, -0.15) is 0 Å². The highest BCUT2D eigenvalue weighted by Gasteiger charge is 2.18. The van der Waals surface area contributed by atoms with Gasteiger partial charge in [-0.15, -0.1) is 0 Å². The van der Waals surface area contributed by atoms with Gasteiger partial charge in [0, 0.05) is 19.0 Å². The van der Waals surface area contributed by atoms with Crippen LogP contribution < -0.4 is 5.32 Å². The monoisotopic (exact) mass is 339 g/mol. The highest BCUT2D eigenvalue weighted by Crippen LogP contribution is 2.24. The Bertz CT molecular complexity index is 625. The van der Waals surface area contributed by atoms with E-state index in [2.05, 4.69) is 55.6 Å². The molecule has 2 N–H and O–H groups in total. The largest absolute Gasteiger partial charge is 0.481 e. The first-order valence-corrected chi connectivity index (χ1v) is 9.10. The van der Waals surface area contributed by atoms with Crippen LogP contribution in [0.1, 0.15) is 43.7 Å². The van der Waals surface area contributed by atoms with Crippen LogP contribution in [0.5, 0.6) is 0 Å². The molecule has 0 saturated heterocycles. The summed E-state index contributed by atoms with van der Waals surface area (Å²) in [6.07, 6.45) is 1.69. The van der Waals surface area contributed by atoms with Crippen LogP contribution >= 0.6 is 0 Å². The van der Waals surface area contributed by atoms with E-state index in [-0.39, 0.29) is 12.5 Å². The summed E-state index contributed by atoms with van der Waals surface area (Å²) in [6, 6.07) is 21.0. The van der Waals surface area contributed by atoms with Crippen LogP contribution in [0, 0.1) is 5.92 Å². The van der Waals surface area contributed by atoms with Crippen LogP contribution in [0.15, 0.2) is 60.7 Å². The lowest BCUT2D eigenvalue weighted by Crippen LogP contribution is -2.36. The van der Waals surface area contributed by atoms with E-state index < -0.39 is 5.97 Å². The van der Waals surface area contributed by atoms with Gasteiger partial charge < -0.3 is 10.4 Å². The van der Waals surface area contributed by atoms with Crippen molar-refractivity contribution in [2.45, 2.75) is 45.1 Å². The summed E-state index contributed by atoms with van der Waals surface area (Å²) in [5.41, 5.74) is 2.58. The molecular weight excluding hydrogens is 310 g/mol. The fourth-order valence-corrected chi connectivity index (χ4v) is 3.20. The van der Waals surface area contributed by atoms with E-state index in [1.807, 2.05) is 24.3 Å². The molecule has 0 radical (unpaired) electrons. The number of nitrogens with one attached hydrogen (secondary N) is 1. The van der Waals surface area contributed by atoms with Gasteiger partial charge >= 0.3 is 5.97 Å². The fraction of sp³-hybridized carbons (Fsp3) is 0.409. The third-order valence-electron chi connectivity index (χ3n) is 4.69. The maximum Gasteiger partial charge on any atom is 0.303 e. The summed E-state index contributed by atoms with van der Waals surface area (Å²) in [4.78, 5) is 11.0. The summed E-state index contributed by atoms with van der Waals surface area (Å²) >= 11 is 0. The maximum atomic E-state index is 11.0. The zero-order chi connectivity index (χ0) is 18.1. The van der Waals surface area contributed by atoms with E-state index in [1.54, 1.807) is 0 Å². The molecule has 0 aliphatic carbocycles. The molecule has 3 heteroatoms. The zero-order valence-corrected chi connectivity index (χ0v) is 15.2. The number of carbonyl (C=O) groups is 1. The Kier molecular flexibility index (Phi) is 7.68. The first kappa shape index (κ1) is 19.2. The molecular formula is C22H29NO2. The summed E-state index contributed by atoms with van der Waals surface area (Å²) in [5, 5.41) is 12.7. The molecule has 3 nitrogen and oxygen atoms in total. The molecule has 25 heavy (non-hydrogen) atoms. The van der Waals surface area contributed by atoms with Gasteiger partial charge in [-0.3, -0.25) is 4.79 Å². The molecule has 0 heterocycles. The van der Waals surface area contributed by atoms with Crippen molar-refractivity contribution in [1.82, 2.24) is 5.32 Å². The molecule has 2 aromatic carbocycles. The predicted octanol–water partition coefficient (Wildman–Crippen LogP) is 4.49. The van der Waals surface area contributed by atoms with Crippen molar-refractivity contribution in [3.8, 4) is 0 Å². The van der Waals surface area contributed by atoms with Crippen LogP contribution in [0.3, 0.4) is 0 Å². The molecule has 0 aliphatic rings. The molecule has 0 spiro atoms. The van der Waals surface area contributed by atoms with Crippen molar-refractivity contribution in [2.24, 2.45) is 5.92 Å². The van der Waals surface area contributed by atoms with Gasteiger partial charge in [0.1, 0.15) is 0 Å². The Morgan fingerprint density at radius 3 is 2.16 bits per heavy atom. The number of aliphatic carboxylic acids is 1. The van der Waals surface area contributed by atoms with E-state index in [4.69, 9.17) is 5.11 Å². The highest BCUT2D eigenvalue weighted by atomic mass is 16.4. The first-order valence-electron chi connectivity index (χ1n) is 9.10. The van der Waals surface area contributed by atoms with Gasteiger partial charge in [-0.25, -0.2) is 0 Å². The molecule has 2 unspecified atom stereocenters. The van der Waals surface area contributed by atoms with Gasteiger partial charge in [-0.1, -0.05) is 74.5 Å². The van der Waals surface area contributed by atoms with Crippen molar-refractivity contribution in [3.05, 3.63) is 71.8 Å². The van der Waals surface area contributed by atoms with Crippen LogP contribution in [-0.2, 0) is 11.2 Å². The van der Waals surface area contributed by atoms with Gasteiger partial charge in [0.2, 0.25) is 0 Å². The Morgan fingerprint density at radius 2 is 1.60 bits per heavy atom. The molecule has 0 amide bonds. The average molecular weight is 339 g/mol. The second-order valence-corrected chi connectivity index (χ2v) is 6.99. The normalized spacial score (nSPS) is 13.6. The minimum absolute atomic E-state index is 0.170. The number of rotatable bonds is 10. The number of benzene rings is 2.